The molecule has 0 spiro atoms. The lowest BCUT2D eigenvalue weighted by Crippen LogP contribution is -1.90. The van der Waals surface area contributed by atoms with Gasteiger partial charge in [-0.15, -0.1) is 5.10 Å². The first-order chi connectivity index (χ1) is 8.72. The maximum atomic E-state index is 10.5. The summed E-state index contributed by atoms with van der Waals surface area (Å²) in [6.45, 7) is 0. The molecule has 1 aliphatic carbocycles. The van der Waals surface area contributed by atoms with Crippen LogP contribution < -0.4 is 0 Å². The topological polar surface area (TPSA) is 73.8 Å². The van der Waals surface area contributed by atoms with Crippen LogP contribution in [0.2, 0.25) is 0 Å². The Morgan fingerprint density at radius 2 is 2.06 bits per heavy atom. The fraction of sp³-hybridized carbons (Fsp3) is 0.273. The van der Waals surface area contributed by atoms with Gasteiger partial charge in [0.1, 0.15) is 6.33 Å². The molecule has 0 unspecified atom stereocenters. The van der Waals surface area contributed by atoms with Gasteiger partial charge in [-0.2, -0.15) is 4.09 Å². The molecule has 3 rings (SSSR count). The Labute approximate surface area is 107 Å². The summed E-state index contributed by atoms with van der Waals surface area (Å²) in [5.41, 5.74) is 0.0941. The van der Waals surface area contributed by atoms with Gasteiger partial charge in [-0.05, 0) is 25.0 Å². The lowest BCUT2D eigenvalue weighted by Gasteiger charge is -1.99. The lowest BCUT2D eigenvalue weighted by molar-refractivity contribution is -0.384. The van der Waals surface area contributed by atoms with Crippen LogP contribution in [0.15, 0.2) is 35.5 Å². The molecular weight excluding hydrogens is 252 g/mol. The van der Waals surface area contributed by atoms with Crippen molar-refractivity contribution in [3.63, 3.8) is 0 Å². The second kappa shape index (κ2) is 4.41. The zero-order valence-corrected chi connectivity index (χ0v) is 10.2. The summed E-state index contributed by atoms with van der Waals surface area (Å²) >= 11 is 1.39. The van der Waals surface area contributed by atoms with Gasteiger partial charge in [0.15, 0.2) is 5.82 Å². The predicted octanol–water partition coefficient (Wildman–Crippen LogP) is 2.62. The second-order valence-electron chi connectivity index (χ2n) is 4.12. The third kappa shape index (κ3) is 2.35. The minimum absolute atomic E-state index is 0.0941. The molecule has 7 heteroatoms. The molecule has 0 bridgehead atoms. The number of hydrogen-bond donors (Lipinski definition) is 0. The van der Waals surface area contributed by atoms with E-state index < -0.39 is 4.92 Å². The molecule has 0 saturated heterocycles. The number of non-ortho nitro benzene ring substituents is 1. The maximum absolute atomic E-state index is 10.5. The molecule has 0 aliphatic heterocycles. The number of nitro groups is 1. The summed E-state index contributed by atoms with van der Waals surface area (Å²) in [6, 6.07) is 6.39. The lowest BCUT2D eigenvalue weighted by atomic mass is 10.3. The molecule has 2 aromatic rings. The zero-order chi connectivity index (χ0) is 12.5. The highest BCUT2D eigenvalue weighted by Crippen LogP contribution is 2.38. The van der Waals surface area contributed by atoms with Gasteiger partial charge in [0.25, 0.3) is 5.69 Å². The average molecular weight is 262 g/mol. The van der Waals surface area contributed by atoms with E-state index in [4.69, 9.17) is 0 Å². The fourth-order valence-corrected chi connectivity index (χ4v) is 2.26. The molecule has 1 aliphatic rings. The Hall–Kier alpha value is -1.89. The van der Waals surface area contributed by atoms with E-state index in [0.717, 1.165) is 10.7 Å². The quantitative estimate of drug-likeness (QED) is 0.625. The van der Waals surface area contributed by atoms with Crippen LogP contribution in [-0.2, 0) is 0 Å². The van der Waals surface area contributed by atoms with Gasteiger partial charge in [-0.25, -0.2) is 4.98 Å². The van der Waals surface area contributed by atoms with E-state index in [1.807, 2.05) is 0 Å². The molecule has 92 valence electrons. The van der Waals surface area contributed by atoms with Crippen molar-refractivity contribution >= 4 is 17.6 Å². The van der Waals surface area contributed by atoms with Gasteiger partial charge in [-0.1, -0.05) is 0 Å². The van der Waals surface area contributed by atoms with E-state index >= 15 is 0 Å². The summed E-state index contributed by atoms with van der Waals surface area (Å²) in [5, 5.41) is 14.9. The molecule has 18 heavy (non-hydrogen) atoms. The van der Waals surface area contributed by atoms with Crippen LogP contribution in [0.5, 0.6) is 0 Å². The molecule has 0 amide bonds. The van der Waals surface area contributed by atoms with Crippen LogP contribution in [0.3, 0.4) is 0 Å². The molecule has 0 N–H and O–H groups in total. The van der Waals surface area contributed by atoms with Crippen molar-refractivity contribution in [2.45, 2.75) is 23.7 Å². The smallest absolute Gasteiger partial charge is 0.258 e. The van der Waals surface area contributed by atoms with Crippen molar-refractivity contribution in [1.29, 1.82) is 0 Å². The van der Waals surface area contributed by atoms with Crippen LogP contribution in [0, 0.1) is 10.1 Å². The molecule has 0 atom stereocenters. The number of aromatic nitrogens is 3. The van der Waals surface area contributed by atoms with Crippen LogP contribution in [0.25, 0.3) is 0 Å². The number of nitro benzene ring substituents is 1. The van der Waals surface area contributed by atoms with Crippen molar-refractivity contribution in [2.75, 3.05) is 0 Å². The van der Waals surface area contributed by atoms with E-state index in [9.17, 15) is 10.1 Å². The molecule has 1 heterocycles. The molecular formula is C11H10N4O2S. The standard InChI is InChI=1S/C11H10N4O2S/c16-15(17)9-3-5-10(6-4-9)18-14-7-12-11(13-14)8-1-2-8/h3-8H,1-2H2. The van der Waals surface area contributed by atoms with Crippen molar-refractivity contribution in [3.05, 3.63) is 46.5 Å². The minimum atomic E-state index is -0.408. The van der Waals surface area contributed by atoms with E-state index in [1.54, 1.807) is 22.5 Å². The monoisotopic (exact) mass is 262 g/mol. The van der Waals surface area contributed by atoms with Crippen LogP contribution >= 0.6 is 11.9 Å². The van der Waals surface area contributed by atoms with Gasteiger partial charge in [0.05, 0.1) is 4.92 Å². The molecule has 6 nitrogen and oxygen atoms in total. The van der Waals surface area contributed by atoms with Gasteiger partial charge in [0.2, 0.25) is 0 Å². The Balaban J connectivity index is 1.72. The summed E-state index contributed by atoms with van der Waals surface area (Å²) in [4.78, 5) is 15.3. The van der Waals surface area contributed by atoms with Crippen molar-refractivity contribution in [2.24, 2.45) is 0 Å². The van der Waals surface area contributed by atoms with Gasteiger partial charge in [0, 0.05) is 34.9 Å². The Morgan fingerprint density at radius 1 is 1.33 bits per heavy atom. The number of rotatable bonds is 4. The third-order valence-corrected chi connectivity index (χ3v) is 3.52. The number of nitrogens with zero attached hydrogens (tertiary/aromatic N) is 4. The summed E-state index contributed by atoms with van der Waals surface area (Å²) in [7, 11) is 0. The largest absolute Gasteiger partial charge is 0.269 e. The average Bonchev–Trinajstić information content (AvgIpc) is 3.11. The van der Waals surface area contributed by atoms with Gasteiger partial charge in [-0.3, -0.25) is 10.1 Å². The SMILES string of the molecule is O=[N+]([O-])c1ccc(Sn2cnc(C3CC3)n2)cc1. The van der Waals surface area contributed by atoms with Crippen molar-refractivity contribution in [3.8, 4) is 0 Å². The van der Waals surface area contributed by atoms with Crippen LogP contribution in [0.4, 0.5) is 5.69 Å². The van der Waals surface area contributed by atoms with E-state index in [2.05, 4.69) is 10.1 Å². The van der Waals surface area contributed by atoms with Gasteiger partial charge >= 0.3 is 0 Å². The predicted molar refractivity (Wildman–Crippen MR) is 66.3 cm³/mol. The highest BCUT2D eigenvalue weighted by Gasteiger charge is 2.27. The fourth-order valence-electron chi connectivity index (χ4n) is 1.57. The van der Waals surface area contributed by atoms with Crippen molar-refractivity contribution < 1.29 is 4.92 Å². The van der Waals surface area contributed by atoms with E-state index in [1.165, 1.54) is 36.9 Å². The molecule has 0 radical (unpaired) electrons. The zero-order valence-electron chi connectivity index (χ0n) is 9.39. The number of hydrogen-bond acceptors (Lipinski definition) is 5. The molecule has 1 fully saturated rings. The second-order valence-corrected chi connectivity index (χ2v) is 5.15. The molecule has 1 aromatic carbocycles. The normalized spacial score (nSPS) is 14.7. The van der Waals surface area contributed by atoms with E-state index in [-0.39, 0.29) is 5.69 Å². The summed E-state index contributed by atoms with van der Waals surface area (Å²) in [6.07, 6.45) is 4.03. The number of benzene rings is 1. The van der Waals surface area contributed by atoms with E-state index in [0.29, 0.717) is 5.92 Å². The first kappa shape index (κ1) is 11.2. The Morgan fingerprint density at radius 3 is 2.67 bits per heavy atom. The highest BCUT2D eigenvalue weighted by molar-refractivity contribution is 7.97. The van der Waals surface area contributed by atoms with Crippen LogP contribution in [0.1, 0.15) is 24.6 Å². The summed E-state index contributed by atoms with van der Waals surface area (Å²) in [5.74, 6) is 1.42. The van der Waals surface area contributed by atoms with Crippen LogP contribution in [-0.4, -0.2) is 19.1 Å². The Kier molecular flexibility index (Phi) is 2.75. The first-order valence-corrected chi connectivity index (χ1v) is 6.34. The molecule has 1 saturated carbocycles. The summed E-state index contributed by atoms with van der Waals surface area (Å²) < 4.78 is 1.69. The first-order valence-electron chi connectivity index (χ1n) is 5.57. The maximum Gasteiger partial charge on any atom is 0.269 e. The third-order valence-electron chi connectivity index (χ3n) is 2.68. The highest BCUT2D eigenvalue weighted by atomic mass is 32.2. The van der Waals surface area contributed by atoms with Crippen molar-refractivity contribution in [1.82, 2.24) is 14.2 Å². The molecule has 1 aromatic heterocycles. The minimum Gasteiger partial charge on any atom is -0.258 e. The van der Waals surface area contributed by atoms with Gasteiger partial charge < -0.3 is 0 Å². The Bertz CT molecular complexity index is 577.